The fraction of sp³-hybridized carbons (Fsp3) is 0.565. The van der Waals surface area contributed by atoms with Crippen molar-refractivity contribution < 1.29 is 9.41 Å². The molecule has 0 saturated carbocycles. The van der Waals surface area contributed by atoms with Crippen LogP contribution in [-0.4, -0.2) is 38.2 Å². The quantitative estimate of drug-likeness (QED) is 0.223. The molecule has 2 rings (SSSR count). The van der Waals surface area contributed by atoms with Crippen molar-refractivity contribution in [2.45, 2.75) is 66.6 Å². The highest BCUT2D eigenvalue weighted by Crippen LogP contribution is 2.24. The van der Waals surface area contributed by atoms with E-state index < -0.39 is 0 Å². The molecule has 1 aromatic heterocycles. The van der Waals surface area contributed by atoms with Gasteiger partial charge in [-0.05, 0) is 53.0 Å². The van der Waals surface area contributed by atoms with Crippen molar-refractivity contribution in [1.29, 1.82) is 0 Å². The highest BCUT2D eigenvalue weighted by molar-refractivity contribution is 5.39. The van der Waals surface area contributed by atoms with Crippen molar-refractivity contribution in [3.63, 3.8) is 0 Å². The van der Waals surface area contributed by atoms with Gasteiger partial charge in [-0.1, -0.05) is 12.1 Å². The zero-order chi connectivity index (χ0) is 23.0. The Kier molecular flexibility index (Phi) is 8.74. The van der Waals surface area contributed by atoms with Crippen LogP contribution in [0.5, 0.6) is 0 Å². The van der Waals surface area contributed by atoms with Crippen LogP contribution in [0.4, 0.5) is 5.69 Å². The highest BCUT2D eigenvalue weighted by Gasteiger charge is 2.27. The van der Waals surface area contributed by atoms with E-state index in [2.05, 4.69) is 13.8 Å². The molecule has 0 bridgehead atoms. The van der Waals surface area contributed by atoms with Crippen LogP contribution < -0.4 is 11.2 Å². The van der Waals surface area contributed by atoms with Crippen LogP contribution in [0, 0.1) is 17.0 Å². The van der Waals surface area contributed by atoms with Crippen molar-refractivity contribution in [3.05, 3.63) is 72.5 Å². The number of benzene rings is 1. The Labute approximate surface area is 183 Å². The lowest BCUT2D eigenvalue weighted by Gasteiger charge is -2.37. The monoisotopic (exact) mass is 431 g/mol. The maximum atomic E-state index is 12.5. The van der Waals surface area contributed by atoms with Crippen LogP contribution in [0.3, 0.4) is 0 Å². The number of para-hydroxylation sites is 1. The largest absolute Gasteiger partial charge is 0.331 e. The van der Waals surface area contributed by atoms with E-state index in [4.69, 9.17) is 0 Å². The summed E-state index contributed by atoms with van der Waals surface area (Å²) in [4.78, 5) is 35.8. The molecule has 0 unspecified atom stereocenters. The summed E-state index contributed by atoms with van der Waals surface area (Å²) in [5.41, 5.74) is 1.16. The molecule has 0 radical (unpaired) electrons. The van der Waals surface area contributed by atoms with E-state index in [-0.39, 0.29) is 21.9 Å². The Hall–Kier alpha value is -2.74. The van der Waals surface area contributed by atoms with Crippen molar-refractivity contribution in [1.82, 2.24) is 9.13 Å². The van der Waals surface area contributed by atoms with Gasteiger partial charge in [0.25, 0.3) is 11.2 Å². The van der Waals surface area contributed by atoms with Gasteiger partial charge in [0.05, 0.1) is 30.1 Å². The summed E-state index contributed by atoms with van der Waals surface area (Å²) < 4.78 is 3.72. The molecular formula is C23H35N4O4+. The van der Waals surface area contributed by atoms with Crippen LogP contribution in [-0.2, 0) is 19.6 Å². The number of hydrogen-bond donors (Lipinski definition) is 0. The predicted molar refractivity (Wildman–Crippen MR) is 122 cm³/mol. The molecule has 0 spiro atoms. The predicted octanol–water partition coefficient (Wildman–Crippen LogP) is 3.47. The number of nitrogens with zero attached hydrogens (tertiary/aromatic N) is 4. The van der Waals surface area contributed by atoms with E-state index in [9.17, 15) is 19.7 Å². The van der Waals surface area contributed by atoms with Gasteiger partial charge >= 0.3 is 5.69 Å². The molecule has 0 amide bonds. The minimum atomic E-state index is -0.308. The van der Waals surface area contributed by atoms with Crippen molar-refractivity contribution in [3.8, 4) is 0 Å². The molecule has 0 fully saturated rings. The van der Waals surface area contributed by atoms with Gasteiger partial charge in [0.2, 0.25) is 0 Å². The molecule has 1 aromatic carbocycles. The summed E-state index contributed by atoms with van der Waals surface area (Å²) >= 11 is 0. The fourth-order valence-electron chi connectivity index (χ4n) is 4.24. The maximum Gasteiger partial charge on any atom is 0.331 e. The first-order valence-electron chi connectivity index (χ1n) is 11.2. The summed E-state index contributed by atoms with van der Waals surface area (Å²) in [5.74, 6) is 0. The van der Waals surface area contributed by atoms with E-state index in [1.54, 1.807) is 23.6 Å². The summed E-state index contributed by atoms with van der Waals surface area (Å²) in [6, 6.07) is 8.49. The van der Waals surface area contributed by atoms with Gasteiger partial charge in [-0.15, -0.1) is 0 Å². The molecule has 31 heavy (non-hydrogen) atoms. The SMILES string of the molecule is CCn1c(C)cc(=O)n(CCCCC[N+](CC)(CC)Cc2ccccc2[N+](=O)[O-])c1=O. The standard InChI is InChI=1S/C23H35N4O4/c1-5-24-19(4)17-22(28)25(23(24)29)15-11-8-12-16-27(6-2,7-3)18-20-13-9-10-14-21(20)26(30)31/h9-10,13-14,17H,5-8,11-12,15-16,18H2,1-4H3/q+1. The first-order chi connectivity index (χ1) is 14.8. The van der Waals surface area contributed by atoms with Crippen molar-refractivity contribution in [2.24, 2.45) is 0 Å². The molecule has 0 aliphatic rings. The molecule has 8 heteroatoms. The Bertz CT molecular complexity index is 1010. The number of rotatable bonds is 12. The molecule has 0 aliphatic carbocycles. The average molecular weight is 432 g/mol. The third-order valence-electron chi connectivity index (χ3n) is 6.35. The topological polar surface area (TPSA) is 87.1 Å². The molecular weight excluding hydrogens is 396 g/mol. The van der Waals surface area contributed by atoms with Gasteiger partial charge < -0.3 is 4.48 Å². The molecule has 1 heterocycles. The van der Waals surface area contributed by atoms with Gasteiger partial charge in [0, 0.05) is 30.9 Å². The Morgan fingerprint density at radius 2 is 1.68 bits per heavy atom. The number of nitro groups is 1. The van der Waals surface area contributed by atoms with Gasteiger partial charge in [-0.3, -0.25) is 24.0 Å². The van der Waals surface area contributed by atoms with Crippen LogP contribution in [0.2, 0.25) is 0 Å². The third-order valence-corrected chi connectivity index (χ3v) is 6.35. The molecule has 0 aliphatic heterocycles. The Morgan fingerprint density at radius 1 is 1.00 bits per heavy atom. The van der Waals surface area contributed by atoms with Gasteiger partial charge in [-0.2, -0.15) is 0 Å². The molecule has 0 N–H and O–H groups in total. The number of aromatic nitrogens is 2. The third kappa shape index (κ3) is 5.91. The first-order valence-corrected chi connectivity index (χ1v) is 11.2. The first kappa shape index (κ1) is 24.5. The summed E-state index contributed by atoms with van der Waals surface area (Å²) in [6.45, 7) is 12.2. The van der Waals surface area contributed by atoms with Crippen LogP contribution >= 0.6 is 0 Å². The smallest absolute Gasteiger partial charge is 0.320 e. The van der Waals surface area contributed by atoms with Gasteiger partial charge in [0.15, 0.2) is 0 Å². The average Bonchev–Trinajstić information content (AvgIpc) is 2.75. The molecule has 8 nitrogen and oxygen atoms in total. The minimum absolute atomic E-state index is 0.179. The van der Waals surface area contributed by atoms with Gasteiger partial charge in [-0.25, -0.2) is 4.79 Å². The zero-order valence-corrected chi connectivity index (χ0v) is 19.2. The molecule has 2 aromatic rings. The molecule has 0 atom stereocenters. The summed E-state index contributed by atoms with van der Waals surface area (Å²) in [7, 11) is 0. The Balaban J connectivity index is 2.01. The minimum Gasteiger partial charge on any atom is -0.320 e. The van der Waals surface area contributed by atoms with Crippen molar-refractivity contribution in [2.75, 3.05) is 19.6 Å². The van der Waals surface area contributed by atoms with Gasteiger partial charge in [0.1, 0.15) is 6.54 Å². The lowest BCUT2D eigenvalue weighted by Crippen LogP contribution is -2.47. The van der Waals surface area contributed by atoms with Crippen LogP contribution in [0.25, 0.3) is 0 Å². The summed E-state index contributed by atoms with van der Waals surface area (Å²) in [6.07, 6.45) is 2.58. The summed E-state index contributed by atoms with van der Waals surface area (Å²) in [5, 5.41) is 11.4. The number of unbranched alkanes of at least 4 members (excludes halogenated alkanes) is 2. The number of nitro benzene ring substituents is 1. The second kappa shape index (κ2) is 11.0. The lowest BCUT2D eigenvalue weighted by atomic mass is 10.1. The molecule has 0 saturated heterocycles. The molecule has 170 valence electrons. The normalized spacial score (nSPS) is 11.6. The lowest BCUT2D eigenvalue weighted by molar-refractivity contribution is -0.938. The fourth-order valence-corrected chi connectivity index (χ4v) is 4.24. The number of quaternary nitrogens is 1. The van der Waals surface area contributed by atoms with E-state index >= 15 is 0 Å². The zero-order valence-electron chi connectivity index (χ0n) is 19.2. The van der Waals surface area contributed by atoms with E-state index in [1.165, 1.54) is 10.6 Å². The maximum absolute atomic E-state index is 12.5. The number of aryl methyl sites for hydroxylation is 1. The highest BCUT2D eigenvalue weighted by atomic mass is 16.6. The van der Waals surface area contributed by atoms with Crippen molar-refractivity contribution >= 4 is 5.69 Å². The second-order valence-electron chi connectivity index (χ2n) is 8.10. The van der Waals surface area contributed by atoms with E-state index in [1.807, 2.05) is 19.1 Å². The second-order valence-corrected chi connectivity index (χ2v) is 8.10. The van der Waals surface area contributed by atoms with E-state index in [0.717, 1.165) is 48.9 Å². The van der Waals surface area contributed by atoms with E-state index in [0.29, 0.717) is 25.3 Å². The Morgan fingerprint density at radius 3 is 2.29 bits per heavy atom. The van der Waals surface area contributed by atoms with Crippen LogP contribution in [0.1, 0.15) is 51.3 Å². The van der Waals surface area contributed by atoms with Crippen LogP contribution in [0.15, 0.2) is 39.9 Å². The number of hydrogen-bond acceptors (Lipinski definition) is 4.